The summed E-state index contributed by atoms with van der Waals surface area (Å²) in [6.07, 6.45) is 0.920. The molecule has 1 amide bonds. The molecule has 4 nitrogen and oxygen atoms in total. The van der Waals surface area contributed by atoms with Gasteiger partial charge in [-0.2, -0.15) is 0 Å². The van der Waals surface area contributed by atoms with Crippen molar-refractivity contribution in [1.29, 1.82) is 0 Å². The molecule has 1 aliphatic rings. The van der Waals surface area contributed by atoms with Gasteiger partial charge in [-0.25, -0.2) is 0 Å². The van der Waals surface area contributed by atoms with Crippen molar-refractivity contribution in [3.05, 3.63) is 24.3 Å². The van der Waals surface area contributed by atoms with Crippen molar-refractivity contribution in [2.24, 2.45) is 0 Å². The largest absolute Gasteiger partial charge is 0.382 e. The summed E-state index contributed by atoms with van der Waals surface area (Å²) in [6.45, 7) is 9.89. The van der Waals surface area contributed by atoms with E-state index in [4.69, 9.17) is 0 Å². The SMILES string of the molecule is CCC(C)(C)NC(=O)C(C)N1CCNc2ccccc21.Cl. The Balaban J connectivity index is 0.00000220. The van der Waals surface area contributed by atoms with Crippen LogP contribution in [-0.4, -0.2) is 30.6 Å². The Kier molecular flexibility index (Phi) is 5.90. The average Bonchev–Trinajstić information content (AvgIpc) is 2.45. The van der Waals surface area contributed by atoms with Crippen molar-refractivity contribution < 1.29 is 4.79 Å². The maximum atomic E-state index is 12.5. The van der Waals surface area contributed by atoms with E-state index in [0.717, 1.165) is 30.9 Å². The molecular formula is C16H26ClN3O. The minimum absolute atomic E-state index is 0. The lowest BCUT2D eigenvalue weighted by molar-refractivity contribution is -0.123. The molecule has 5 heteroatoms. The Morgan fingerprint density at radius 1 is 1.43 bits per heavy atom. The fourth-order valence-electron chi connectivity index (χ4n) is 2.38. The molecule has 2 N–H and O–H groups in total. The summed E-state index contributed by atoms with van der Waals surface area (Å²) in [6, 6.07) is 7.99. The van der Waals surface area contributed by atoms with Crippen molar-refractivity contribution in [3.8, 4) is 0 Å². The van der Waals surface area contributed by atoms with E-state index >= 15 is 0 Å². The van der Waals surface area contributed by atoms with Crippen LogP contribution < -0.4 is 15.5 Å². The van der Waals surface area contributed by atoms with Gasteiger partial charge < -0.3 is 15.5 Å². The van der Waals surface area contributed by atoms with Gasteiger partial charge in [-0.05, 0) is 39.3 Å². The second-order valence-corrected chi connectivity index (χ2v) is 6.04. The van der Waals surface area contributed by atoms with E-state index in [-0.39, 0.29) is 29.9 Å². The number of hydrogen-bond acceptors (Lipinski definition) is 3. The first-order chi connectivity index (χ1) is 9.44. The van der Waals surface area contributed by atoms with Gasteiger partial charge in [0.05, 0.1) is 11.4 Å². The van der Waals surface area contributed by atoms with Crippen molar-refractivity contribution in [2.45, 2.75) is 45.7 Å². The summed E-state index contributed by atoms with van der Waals surface area (Å²) >= 11 is 0. The zero-order valence-corrected chi connectivity index (χ0v) is 14.1. The fraction of sp³-hybridized carbons (Fsp3) is 0.562. The molecule has 1 atom stereocenters. The molecule has 118 valence electrons. The molecule has 2 rings (SSSR count). The number of hydrogen-bond donors (Lipinski definition) is 2. The lowest BCUT2D eigenvalue weighted by atomic mass is 10.0. The predicted octanol–water partition coefficient (Wildman–Crippen LogP) is 3.03. The molecule has 0 fully saturated rings. The summed E-state index contributed by atoms with van der Waals surface area (Å²) in [5, 5.41) is 6.51. The molecule has 1 heterocycles. The number of fused-ring (bicyclic) bond motifs is 1. The van der Waals surface area contributed by atoms with Gasteiger partial charge in [0.1, 0.15) is 6.04 Å². The van der Waals surface area contributed by atoms with Crippen LogP contribution in [0, 0.1) is 0 Å². The van der Waals surface area contributed by atoms with Crippen LogP contribution in [-0.2, 0) is 4.79 Å². The molecule has 0 saturated carbocycles. The maximum Gasteiger partial charge on any atom is 0.242 e. The maximum absolute atomic E-state index is 12.5. The molecule has 1 unspecified atom stereocenters. The number of amides is 1. The number of anilines is 2. The van der Waals surface area contributed by atoms with Crippen LogP contribution in [0.4, 0.5) is 11.4 Å². The third-order valence-electron chi connectivity index (χ3n) is 4.07. The highest BCUT2D eigenvalue weighted by molar-refractivity contribution is 5.87. The van der Waals surface area contributed by atoms with Crippen LogP contribution in [0.15, 0.2) is 24.3 Å². The van der Waals surface area contributed by atoms with Gasteiger partial charge in [0, 0.05) is 18.6 Å². The van der Waals surface area contributed by atoms with Gasteiger partial charge in [0.15, 0.2) is 0 Å². The Morgan fingerprint density at radius 3 is 2.76 bits per heavy atom. The first-order valence-corrected chi connectivity index (χ1v) is 7.36. The zero-order valence-electron chi connectivity index (χ0n) is 13.3. The van der Waals surface area contributed by atoms with Gasteiger partial charge in [-0.3, -0.25) is 4.79 Å². The van der Waals surface area contributed by atoms with Crippen LogP contribution in [0.25, 0.3) is 0 Å². The number of nitrogens with one attached hydrogen (secondary N) is 2. The van der Waals surface area contributed by atoms with E-state index in [0.29, 0.717) is 0 Å². The highest BCUT2D eigenvalue weighted by atomic mass is 35.5. The van der Waals surface area contributed by atoms with Gasteiger partial charge in [0.25, 0.3) is 0 Å². The van der Waals surface area contributed by atoms with Gasteiger partial charge >= 0.3 is 0 Å². The lowest BCUT2D eigenvalue weighted by Gasteiger charge is -2.37. The van der Waals surface area contributed by atoms with Crippen LogP contribution in [0.5, 0.6) is 0 Å². The average molecular weight is 312 g/mol. The van der Waals surface area contributed by atoms with E-state index in [1.54, 1.807) is 0 Å². The Hall–Kier alpha value is -1.42. The number of benzene rings is 1. The normalized spacial score (nSPS) is 15.3. The van der Waals surface area contributed by atoms with E-state index < -0.39 is 0 Å². The molecule has 21 heavy (non-hydrogen) atoms. The number of nitrogens with zero attached hydrogens (tertiary/aromatic N) is 1. The molecule has 1 aromatic carbocycles. The van der Waals surface area contributed by atoms with E-state index in [1.807, 2.05) is 19.1 Å². The molecule has 1 aromatic rings. The monoisotopic (exact) mass is 311 g/mol. The van der Waals surface area contributed by atoms with Crippen LogP contribution in [0.2, 0.25) is 0 Å². The number of halogens is 1. The van der Waals surface area contributed by atoms with Gasteiger partial charge in [-0.15, -0.1) is 12.4 Å². The molecule has 0 saturated heterocycles. The predicted molar refractivity (Wildman–Crippen MR) is 91.5 cm³/mol. The number of carbonyl (C=O) groups excluding carboxylic acids is 1. The van der Waals surface area contributed by atoms with E-state index in [9.17, 15) is 4.79 Å². The molecule has 0 spiro atoms. The number of carbonyl (C=O) groups is 1. The quantitative estimate of drug-likeness (QED) is 0.898. The highest BCUT2D eigenvalue weighted by Gasteiger charge is 2.28. The third kappa shape index (κ3) is 4.03. The summed E-state index contributed by atoms with van der Waals surface area (Å²) in [5.74, 6) is 0.0913. The summed E-state index contributed by atoms with van der Waals surface area (Å²) in [5.41, 5.74) is 2.06. The highest BCUT2D eigenvalue weighted by Crippen LogP contribution is 2.30. The Morgan fingerprint density at radius 2 is 2.10 bits per heavy atom. The molecule has 0 bridgehead atoms. The second-order valence-electron chi connectivity index (χ2n) is 6.04. The topological polar surface area (TPSA) is 44.4 Å². The molecule has 0 radical (unpaired) electrons. The van der Waals surface area contributed by atoms with Crippen molar-refractivity contribution in [2.75, 3.05) is 23.3 Å². The first kappa shape index (κ1) is 17.6. The minimum atomic E-state index is -0.163. The van der Waals surface area contributed by atoms with Crippen molar-refractivity contribution >= 4 is 29.7 Å². The summed E-state index contributed by atoms with van der Waals surface area (Å²) < 4.78 is 0. The standard InChI is InChI=1S/C16H25N3O.ClH/c1-5-16(3,4)18-15(20)12(2)19-11-10-17-13-8-6-7-9-14(13)19;/h6-9,12,17H,5,10-11H2,1-4H3,(H,18,20);1H. The molecule has 0 aromatic heterocycles. The zero-order chi connectivity index (χ0) is 14.8. The van der Waals surface area contributed by atoms with Crippen LogP contribution >= 0.6 is 12.4 Å². The lowest BCUT2D eigenvalue weighted by Crippen LogP contribution is -2.53. The number of rotatable bonds is 4. The Bertz CT molecular complexity index is 490. The molecule has 1 aliphatic heterocycles. The van der Waals surface area contributed by atoms with Crippen molar-refractivity contribution in [1.82, 2.24) is 5.32 Å². The van der Waals surface area contributed by atoms with Crippen molar-refractivity contribution in [3.63, 3.8) is 0 Å². The van der Waals surface area contributed by atoms with Gasteiger partial charge in [0.2, 0.25) is 5.91 Å². The summed E-state index contributed by atoms with van der Waals surface area (Å²) in [4.78, 5) is 14.6. The first-order valence-electron chi connectivity index (χ1n) is 7.36. The number of para-hydroxylation sites is 2. The van der Waals surface area contributed by atoms with Crippen LogP contribution in [0.3, 0.4) is 0 Å². The van der Waals surface area contributed by atoms with E-state index in [2.05, 4.69) is 48.4 Å². The minimum Gasteiger partial charge on any atom is -0.382 e. The molecule has 0 aliphatic carbocycles. The van der Waals surface area contributed by atoms with Crippen LogP contribution in [0.1, 0.15) is 34.1 Å². The third-order valence-corrected chi connectivity index (χ3v) is 4.07. The van der Waals surface area contributed by atoms with E-state index in [1.165, 1.54) is 0 Å². The summed E-state index contributed by atoms with van der Waals surface area (Å²) in [7, 11) is 0. The van der Waals surface area contributed by atoms with Gasteiger partial charge in [-0.1, -0.05) is 19.1 Å². The second kappa shape index (κ2) is 7.03. The Labute approximate surface area is 133 Å². The fourth-order valence-corrected chi connectivity index (χ4v) is 2.38. The smallest absolute Gasteiger partial charge is 0.242 e. The molecular weight excluding hydrogens is 286 g/mol.